The molecule has 1 aromatic carbocycles. The molecule has 0 amide bonds. The molecule has 1 aromatic heterocycles. The van der Waals surface area contributed by atoms with Gasteiger partial charge in [-0.25, -0.2) is 4.39 Å². The molecule has 0 bridgehead atoms. The second-order valence-electron chi connectivity index (χ2n) is 7.99. The van der Waals surface area contributed by atoms with Crippen molar-refractivity contribution < 1.29 is 9.13 Å². The van der Waals surface area contributed by atoms with Gasteiger partial charge in [0.25, 0.3) is 0 Å². The Morgan fingerprint density at radius 1 is 1.16 bits per heavy atom. The van der Waals surface area contributed by atoms with Crippen molar-refractivity contribution in [1.82, 2.24) is 20.4 Å². The Hall–Kier alpha value is -1.27. The van der Waals surface area contributed by atoms with E-state index in [1.165, 1.54) is 22.6 Å². The van der Waals surface area contributed by atoms with Crippen molar-refractivity contribution in [1.29, 1.82) is 0 Å². The number of ether oxygens (including phenoxy) is 1. The molecule has 2 N–H and O–H groups in total. The molecule has 0 spiro atoms. The topological polar surface area (TPSA) is 52.1 Å². The smallest absolute Gasteiger partial charge is 0.191 e. The standard InChI is InChI=1S/C23H32FN5OS.HI/c1-25-23(26-8-10-28-9-6-22-19(17-28)7-15-31-22)27-16-21(29-11-13-30-14-12-29)18-2-4-20(24)5-3-18;/h2-5,7,15,21H,6,8-14,16-17H2,1H3,(H2,25,26,27);1H. The summed E-state index contributed by atoms with van der Waals surface area (Å²) < 4.78 is 19.0. The molecule has 0 aliphatic carbocycles. The summed E-state index contributed by atoms with van der Waals surface area (Å²) in [7, 11) is 1.80. The highest BCUT2D eigenvalue weighted by atomic mass is 127. The minimum absolute atomic E-state index is 0. The number of benzene rings is 1. The largest absolute Gasteiger partial charge is 0.379 e. The summed E-state index contributed by atoms with van der Waals surface area (Å²) >= 11 is 1.88. The van der Waals surface area contributed by atoms with Gasteiger partial charge in [-0.3, -0.25) is 14.8 Å². The van der Waals surface area contributed by atoms with Gasteiger partial charge in [-0.1, -0.05) is 12.1 Å². The number of guanidine groups is 1. The summed E-state index contributed by atoms with van der Waals surface area (Å²) in [4.78, 5) is 10.8. The molecular weight excluding hydrogens is 540 g/mol. The Balaban J connectivity index is 0.00000289. The molecular formula is C23H33FIN5OS. The van der Waals surface area contributed by atoms with Gasteiger partial charge in [0, 0.05) is 57.7 Å². The third-order valence-corrected chi connectivity index (χ3v) is 7.06. The van der Waals surface area contributed by atoms with Gasteiger partial charge in [0.1, 0.15) is 5.82 Å². The van der Waals surface area contributed by atoms with Crippen LogP contribution in [0.15, 0.2) is 40.7 Å². The second kappa shape index (κ2) is 12.8. The minimum Gasteiger partial charge on any atom is -0.379 e. The van der Waals surface area contributed by atoms with E-state index in [0.717, 1.165) is 70.4 Å². The molecule has 9 heteroatoms. The lowest BCUT2D eigenvalue weighted by molar-refractivity contribution is 0.0170. The SMILES string of the molecule is CN=C(NCCN1CCc2sccc2C1)NCC(c1ccc(F)cc1)N1CCOCC1.I. The Kier molecular flexibility index (Phi) is 10.2. The summed E-state index contributed by atoms with van der Waals surface area (Å²) in [6.07, 6.45) is 1.15. The van der Waals surface area contributed by atoms with Crippen molar-refractivity contribution in [3.63, 3.8) is 0 Å². The summed E-state index contributed by atoms with van der Waals surface area (Å²) in [5.41, 5.74) is 2.58. The van der Waals surface area contributed by atoms with Crippen LogP contribution in [0.5, 0.6) is 0 Å². The predicted octanol–water partition coefficient (Wildman–Crippen LogP) is 3.10. The average Bonchev–Trinajstić information content (AvgIpc) is 3.28. The first kappa shape index (κ1) is 25.4. The number of nitrogens with zero attached hydrogens (tertiary/aromatic N) is 3. The Labute approximate surface area is 211 Å². The highest BCUT2D eigenvalue weighted by Gasteiger charge is 2.23. The van der Waals surface area contributed by atoms with Crippen LogP contribution < -0.4 is 10.6 Å². The Morgan fingerprint density at radius 2 is 1.94 bits per heavy atom. The average molecular weight is 574 g/mol. The number of thiophene rings is 1. The van der Waals surface area contributed by atoms with Crippen LogP contribution in [0.4, 0.5) is 4.39 Å². The van der Waals surface area contributed by atoms with E-state index < -0.39 is 0 Å². The van der Waals surface area contributed by atoms with Gasteiger partial charge >= 0.3 is 0 Å². The van der Waals surface area contributed by atoms with Gasteiger partial charge in [0.2, 0.25) is 0 Å². The van der Waals surface area contributed by atoms with Crippen LogP contribution in [0.2, 0.25) is 0 Å². The fourth-order valence-electron chi connectivity index (χ4n) is 4.28. The van der Waals surface area contributed by atoms with Crippen LogP contribution >= 0.6 is 35.3 Å². The summed E-state index contributed by atoms with van der Waals surface area (Å²) in [6.45, 7) is 7.89. The molecule has 1 atom stereocenters. The Morgan fingerprint density at radius 3 is 2.69 bits per heavy atom. The van der Waals surface area contributed by atoms with Crippen LogP contribution in [0, 0.1) is 5.82 Å². The lowest BCUT2D eigenvalue weighted by Gasteiger charge is -2.35. The van der Waals surface area contributed by atoms with Crippen molar-refractivity contribution in [3.05, 3.63) is 57.5 Å². The molecule has 32 heavy (non-hydrogen) atoms. The van der Waals surface area contributed by atoms with Gasteiger partial charge in [-0.05, 0) is 41.1 Å². The molecule has 3 heterocycles. The van der Waals surface area contributed by atoms with E-state index in [-0.39, 0.29) is 35.8 Å². The molecule has 2 aliphatic rings. The number of hydrogen-bond acceptors (Lipinski definition) is 5. The van der Waals surface area contributed by atoms with Gasteiger partial charge in [0.05, 0.1) is 19.3 Å². The third-order valence-electron chi connectivity index (χ3n) is 6.03. The number of nitrogens with one attached hydrogen (secondary N) is 2. The normalized spacial score (nSPS) is 18.5. The second-order valence-corrected chi connectivity index (χ2v) is 8.99. The van der Waals surface area contributed by atoms with E-state index in [0.29, 0.717) is 6.54 Å². The number of aliphatic imine (C=N–C) groups is 1. The zero-order valence-corrected chi connectivity index (χ0v) is 21.7. The zero-order chi connectivity index (χ0) is 21.5. The lowest BCUT2D eigenvalue weighted by atomic mass is 10.0. The van der Waals surface area contributed by atoms with Crippen molar-refractivity contribution in [2.75, 3.05) is 59.5 Å². The summed E-state index contributed by atoms with van der Waals surface area (Å²) in [6, 6.07) is 9.22. The predicted molar refractivity (Wildman–Crippen MR) is 140 cm³/mol. The quantitative estimate of drug-likeness (QED) is 0.303. The van der Waals surface area contributed by atoms with E-state index in [1.807, 2.05) is 23.5 Å². The number of rotatable bonds is 7. The van der Waals surface area contributed by atoms with E-state index >= 15 is 0 Å². The maximum Gasteiger partial charge on any atom is 0.191 e. The monoisotopic (exact) mass is 573 g/mol. The molecule has 0 saturated carbocycles. The lowest BCUT2D eigenvalue weighted by Crippen LogP contribution is -2.47. The van der Waals surface area contributed by atoms with Crippen LogP contribution in [0.3, 0.4) is 0 Å². The molecule has 1 saturated heterocycles. The number of hydrogen-bond donors (Lipinski definition) is 2. The van der Waals surface area contributed by atoms with Crippen molar-refractivity contribution >= 4 is 41.3 Å². The molecule has 176 valence electrons. The molecule has 1 unspecified atom stereocenters. The maximum atomic E-state index is 13.4. The van der Waals surface area contributed by atoms with Crippen molar-refractivity contribution in [2.24, 2.45) is 4.99 Å². The number of morpholine rings is 1. The van der Waals surface area contributed by atoms with E-state index in [9.17, 15) is 4.39 Å². The number of fused-ring (bicyclic) bond motifs is 1. The fourth-order valence-corrected chi connectivity index (χ4v) is 5.17. The van der Waals surface area contributed by atoms with Crippen LogP contribution in [-0.2, 0) is 17.7 Å². The van der Waals surface area contributed by atoms with Crippen LogP contribution in [0.25, 0.3) is 0 Å². The summed E-state index contributed by atoms with van der Waals surface area (Å²) in [5.74, 6) is 0.593. The first-order valence-electron chi connectivity index (χ1n) is 11.0. The highest BCUT2D eigenvalue weighted by Crippen LogP contribution is 2.24. The zero-order valence-electron chi connectivity index (χ0n) is 18.6. The van der Waals surface area contributed by atoms with E-state index in [2.05, 4.69) is 36.9 Å². The molecule has 2 aromatic rings. The summed E-state index contributed by atoms with van der Waals surface area (Å²) in [5, 5.41) is 9.12. The Bertz CT molecular complexity index is 856. The molecule has 4 rings (SSSR count). The van der Waals surface area contributed by atoms with Crippen molar-refractivity contribution in [2.45, 2.75) is 19.0 Å². The molecule has 2 aliphatic heterocycles. The maximum absolute atomic E-state index is 13.4. The first-order valence-corrected chi connectivity index (χ1v) is 11.9. The van der Waals surface area contributed by atoms with Gasteiger partial charge in [-0.2, -0.15) is 0 Å². The third kappa shape index (κ3) is 6.86. The van der Waals surface area contributed by atoms with Crippen LogP contribution in [0.1, 0.15) is 22.0 Å². The molecule has 6 nitrogen and oxygen atoms in total. The van der Waals surface area contributed by atoms with Gasteiger partial charge in [-0.15, -0.1) is 35.3 Å². The molecule has 1 fully saturated rings. The molecule has 0 radical (unpaired) electrons. The van der Waals surface area contributed by atoms with E-state index in [4.69, 9.17) is 4.74 Å². The van der Waals surface area contributed by atoms with E-state index in [1.54, 1.807) is 7.05 Å². The highest BCUT2D eigenvalue weighted by molar-refractivity contribution is 14.0. The van der Waals surface area contributed by atoms with Crippen molar-refractivity contribution in [3.8, 4) is 0 Å². The first-order chi connectivity index (χ1) is 15.2. The minimum atomic E-state index is -0.206. The van der Waals surface area contributed by atoms with Gasteiger partial charge < -0.3 is 15.4 Å². The number of halogens is 2. The fraction of sp³-hybridized carbons (Fsp3) is 0.522. The van der Waals surface area contributed by atoms with Gasteiger partial charge in [0.15, 0.2) is 5.96 Å². The van der Waals surface area contributed by atoms with Crippen LogP contribution in [-0.4, -0.2) is 75.3 Å².